The molecule has 0 fully saturated rings. The third-order valence-electron chi connectivity index (χ3n) is 4.45. The van der Waals surface area contributed by atoms with Gasteiger partial charge in [0.1, 0.15) is 12.2 Å². The number of thiazole rings is 1. The van der Waals surface area contributed by atoms with Crippen LogP contribution in [0.4, 0.5) is 5.13 Å². The van der Waals surface area contributed by atoms with Crippen LogP contribution in [-0.2, 0) is 6.61 Å². The number of para-hydroxylation sites is 1. The molecule has 4 aromatic rings. The van der Waals surface area contributed by atoms with Gasteiger partial charge in [-0.2, -0.15) is 4.73 Å². The van der Waals surface area contributed by atoms with Crippen LogP contribution in [0.3, 0.4) is 0 Å². The van der Waals surface area contributed by atoms with E-state index in [-0.39, 0.29) is 12.2 Å². The molecule has 0 aliphatic carbocycles. The van der Waals surface area contributed by atoms with Gasteiger partial charge >= 0.3 is 0 Å². The zero-order chi connectivity index (χ0) is 20.4. The zero-order valence-electron chi connectivity index (χ0n) is 16.0. The Morgan fingerprint density at radius 3 is 2.76 bits per heavy atom. The van der Waals surface area contributed by atoms with E-state index in [2.05, 4.69) is 10.3 Å². The number of hydrogen-bond acceptors (Lipinski definition) is 5. The molecule has 0 atom stereocenters. The summed E-state index contributed by atoms with van der Waals surface area (Å²) in [7, 11) is 0. The summed E-state index contributed by atoms with van der Waals surface area (Å²) in [5.74, 6) is -0.514. The second-order valence-corrected chi connectivity index (χ2v) is 7.74. The first-order valence-corrected chi connectivity index (χ1v) is 9.91. The van der Waals surface area contributed by atoms with E-state index < -0.39 is 11.5 Å². The van der Waals surface area contributed by atoms with Gasteiger partial charge in [-0.3, -0.25) is 14.9 Å². The van der Waals surface area contributed by atoms with Gasteiger partial charge in [0.15, 0.2) is 5.13 Å². The molecule has 7 heteroatoms. The Hall–Kier alpha value is -3.45. The van der Waals surface area contributed by atoms with Crippen LogP contribution < -0.4 is 15.7 Å². The SMILES string of the molecule is Cc1cccc(COn2cccc(C(=O)Nc3nc4c(C)cccc4s3)c2=O)c1. The molecule has 0 bridgehead atoms. The van der Waals surface area contributed by atoms with Crippen molar-refractivity contribution in [2.75, 3.05) is 5.32 Å². The quantitative estimate of drug-likeness (QED) is 0.546. The fraction of sp³-hybridized carbons (Fsp3) is 0.136. The van der Waals surface area contributed by atoms with Crippen LogP contribution in [0.15, 0.2) is 65.6 Å². The monoisotopic (exact) mass is 405 g/mol. The van der Waals surface area contributed by atoms with Crippen LogP contribution >= 0.6 is 11.3 Å². The molecular formula is C22H19N3O3S. The molecule has 2 heterocycles. The number of nitrogens with one attached hydrogen (secondary N) is 1. The Labute approximate surface area is 171 Å². The van der Waals surface area contributed by atoms with Crippen LogP contribution in [0.2, 0.25) is 0 Å². The number of hydrogen-bond donors (Lipinski definition) is 1. The summed E-state index contributed by atoms with van der Waals surface area (Å²) < 4.78 is 2.06. The van der Waals surface area contributed by atoms with Crippen molar-refractivity contribution >= 4 is 32.6 Å². The molecule has 1 N–H and O–H groups in total. The summed E-state index contributed by atoms with van der Waals surface area (Å²) in [5.41, 5.74) is 3.41. The minimum absolute atomic E-state index is 0.00674. The predicted molar refractivity (Wildman–Crippen MR) is 114 cm³/mol. The molecule has 0 saturated carbocycles. The van der Waals surface area contributed by atoms with Gasteiger partial charge in [0.2, 0.25) is 0 Å². The van der Waals surface area contributed by atoms with Crippen LogP contribution in [0.5, 0.6) is 0 Å². The molecule has 6 nitrogen and oxygen atoms in total. The second-order valence-electron chi connectivity index (χ2n) is 6.71. The molecule has 2 aromatic carbocycles. The number of aromatic nitrogens is 2. The number of carbonyl (C=O) groups is 1. The largest absolute Gasteiger partial charge is 0.406 e. The third kappa shape index (κ3) is 4.05. The van der Waals surface area contributed by atoms with Crippen molar-refractivity contribution in [1.29, 1.82) is 0 Å². The first-order valence-electron chi connectivity index (χ1n) is 9.09. The number of amides is 1. The summed E-state index contributed by atoms with van der Waals surface area (Å²) in [6.45, 7) is 4.18. The van der Waals surface area contributed by atoms with E-state index in [1.54, 1.807) is 6.07 Å². The Kier molecular flexibility index (Phi) is 5.14. The highest BCUT2D eigenvalue weighted by atomic mass is 32.1. The number of rotatable bonds is 5. The van der Waals surface area contributed by atoms with Gasteiger partial charge in [0.25, 0.3) is 11.5 Å². The van der Waals surface area contributed by atoms with Gasteiger partial charge in [0, 0.05) is 6.20 Å². The van der Waals surface area contributed by atoms with Gasteiger partial charge < -0.3 is 4.84 Å². The number of pyridine rings is 1. The lowest BCUT2D eigenvalue weighted by atomic mass is 10.1. The van der Waals surface area contributed by atoms with Gasteiger partial charge in [-0.25, -0.2) is 4.98 Å². The second kappa shape index (κ2) is 7.89. The summed E-state index contributed by atoms with van der Waals surface area (Å²) in [4.78, 5) is 35.4. The van der Waals surface area contributed by atoms with E-state index in [0.29, 0.717) is 5.13 Å². The number of aryl methyl sites for hydroxylation is 2. The first-order chi connectivity index (χ1) is 14.0. The van der Waals surface area contributed by atoms with Crippen molar-refractivity contribution in [1.82, 2.24) is 9.71 Å². The molecule has 2 aromatic heterocycles. The summed E-state index contributed by atoms with van der Waals surface area (Å²) in [5, 5.41) is 3.18. The fourth-order valence-corrected chi connectivity index (χ4v) is 3.94. The van der Waals surface area contributed by atoms with Crippen LogP contribution in [0, 0.1) is 13.8 Å². The summed E-state index contributed by atoms with van der Waals surface area (Å²) >= 11 is 1.37. The topological polar surface area (TPSA) is 73.2 Å². The highest BCUT2D eigenvalue weighted by Gasteiger charge is 2.15. The van der Waals surface area contributed by atoms with E-state index in [4.69, 9.17) is 4.84 Å². The lowest BCUT2D eigenvalue weighted by Crippen LogP contribution is -2.32. The Balaban J connectivity index is 1.53. The Morgan fingerprint density at radius 1 is 1.14 bits per heavy atom. The predicted octanol–water partition coefficient (Wildman–Crippen LogP) is 3.96. The summed E-state index contributed by atoms with van der Waals surface area (Å²) in [6.07, 6.45) is 1.50. The molecule has 1 amide bonds. The van der Waals surface area contributed by atoms with Crippen LogP contribution in [-0.4, -0.2) is 15.6 Å². The van der Waals surface area contributed by atoms with Gasteiger partial charge in [-0.05, 0) is 43.2 Å². The average Bonchev–Trinajstić information content (AvgIpc) is 3.11. The Bertz CT molecular complexity index is 1260. The maximum Gasteiger partial charge on any atom is 0.295 e. The van der Waals surface area contributed by atoms with E-state index in [9.17, 15) is 9.59 Å². The van der Waals surface area contributed by atoms with Gasteiger partial charge in [-0.15, -0.1) is 0 Å². The Morgan fingerprint density at radius 2 is 1.97 bits per heavy atom. The number of fused-ring (bicyclic) bond motifs is 1. The normalized spacial score (nSPS) is 10.8. The number of carbonyl (C=O) groups excluding carboxylic acids is 1. The molecule has 0 aliphatic rings. The number of nitrogens with zero attached hydrogens (tertiary/aromatic N) is 2. The van der Waals surface area contributed by atoms with Crippen LogP contribution in [0.1, 0.15) is 27.0 Å². The maximum atomic E-state index is 12.7. The number of anilines is 1. The van der Waals surface area contributed by atoms with E-state index in [1.165, 1.54) is 23.6 Å². The smallest absolute Gasteiger partial charge is 0.295 e. The molecule has 0 spiro atoms. The van der Waals surface area contributed by atoms with E-state index >= 15 is 0 Å². The van der Waals surface area contributed by atoms with Crippen LogP contribution in [0.25, 0.3) is 10.2 Å². The third-order valence-corrected chi connectivity index (χ3v) is 5.39. The lowest BCUT2D eigenvalue weighted by molar-refractivity contribution is 0.0863. The van der Waals surface area contributed by atoms with E-state index in [1.807, 2.05) is 56.3 Å². The number of benzene rings is 2. The maximum absolute atomic E-state index is 12.7. The molecule has 0 saturated heterocycles. The molecular weight excluding hydrogens is 386 g/mol. The molecule has 0 radical (unpaired) electrons. The highest BCUT2D eigenvalue weighted by Crippen LogP contribution is 2.28. The zero-order valence-corrected chi connectivity index (χ0v) is 16.8. The minimum Gasteiger partial charge on any atom is -0.406 e. The van der Waals surface area contributed by atoms with Crippen molar-refractivity contribution < 1.29 is 9.63 Å². The lowest BCUT2D eigenvalue weighted by Gasteiger charge is -2.10. The molecule has 146 valence electrons. The van der Waals surface area contributed by atoms with Gasteiger partial charge in [0.05, 0.1) is 10.2 Å². The molecule has 29 heavy (non-hydrogen) atoms. The van der Waals surface area contributed by atoms with Crippen molar-refractivity contribution in [3.8, 4) is 0 Å². The van der Waals surface area contributed by atoms with Crippen molar-refractivity contribution in [3.05, 3.63) is 93.4 Å². The fourth-order valence-electron chi connectivity index (χ4n) is 3.00. The highest BCUT2D eigenvalue weighted by molar-refractivity contribution is 7.22. The first kappa shape index (κ1) is 18.9. The van der Waals surface area contributed by atoms with Crippen molar-refractivity contribution in [2.45, 2.75) is 20.5 Å². The average molecular weight is 405 g/mol. The standard InChI is InChI=1S/C22H19N3O3S/c1-14-6-3-8-16(12-14)13-28-25-11-5-9-17(21(25)27)20(26)24-22-23-19-15(2)7-4-10-18(19)29-22/h3-12H,13H2,1-2H3,(H,23,24,26). The van der Waals surface area contributed by atoms with Crippen molar-refractivity contribution in [3.63, 3.8) is 0 Å². The van der Waals surface area contributed by atoms with Gasteiger partial charge in [-0.1, -0.05) is 53.3 Å². The summed E-state index contributed by atoms with van der Waals surface area (Å²) in [6, 6.07) is 16.8. The molecule has 4 rings (SSSR count). The van der Waals surface area contributed by atoms with Crippen molar-refractivity contribution in [2.24, 2.45) is 0 Å². The molecule has 0 aliphatic heterocycles. The minimum atomic E-state index is -0.519. The molecule has 0 unspecified atom stereocenters. The van der Waals surface area contributed by atoms with E-state index in [0.717, 1.165) is 31.6 Å².